The van der Waals surface area contributed by atoms with E-state index >= 15 is 0 Å². The summed E-state index contributed by atoms with van der Waals surface area (Å²) in [5.41, 5.74) is 4.23. The van der Waals surface area contributed by atoms with Crippen LogP contribution in [0.5, 0.6) is 0 Å². The molecule has 0 N–H and O–H groups in total. The molecule has 14 heavy (non-hydrogen) atoms. The summed E-state index contributed by atoms with van der Waals surface area (Å²) >= 11 is 6.07. The van der Waals surface area contributed by atoms with E-state index in [1.165, 1.54) is 16.7 Å². The fraction of sp³-hybridized carbons (Fsp3) is 0.500. The molecule has 1 atom stereocenters. The fourth-order valence-electron chi connectivity index (χ4n) is 2.35. The van der Waals surface area contributed by atoms with Crippen LogP contribution in [0.1, 0.15) is 29.5 Å². The maximum Gasteiger partial charge on any atom is 0.0411 e. The zero-order chi connectivity index (χ0) is 10.3. The Hall–Kier alpha value is -0.530. The Balaban J connectivity index is 2.53. The molecular weight excluding hydrogens is 194 g/mol. The fourth-order valence-corrected chi connectivity index (χ4v) is 2.64. The van der Waals surface area contributed by atoms with Gasteiger partial charge in [0.1, 0.15) is 0 Å². The van der Waals surface area contributed by atoms with Crippen molar-refractivity contribution >= 4 is 11.6 Å². The van der Waals surface area contributed by atoms with Crippen molar-refractivity contribution in [3.63, 3.8) is 0 Å². The number of hydrogen-bond acceptors (Lipinski definition) is 1. The highest BCUT2D eigenvalue weighted by Gasteiger charge is 2.21. The smallest absolute Gasteiger partial charge is 0.0411 e. The number of aryl methyl sites for hydroxylation is 1. The molecule has 1 heterocycles. The second-order valence-corrected chi connectivity index (χ2v) is 4.82. The first kappa shape index (κ1) is 10.0. The minimum absolute atomic E-state index is 0.598. The molecule has 0 spiro atoms. The van der Waals surface area contributed by atoms with E-state index in [0.29, 0.717) is 5.92 Å². The van der Waals surface area contributed by atoms with Gasteiger partial charge in [-0.1, -0.05) is 18.5 Å². The van der Waals surface area contributed by atoms with Gasteiger partial charge in [0.15, 0.2) is 0 Å². The lowest BCUT2D eigenvalue weighted by atomic mass is 9.89. The van der Waals surface area contributed by atoms with Gasteiger partial charge in [0, 0.05) is 18.1 Å². The normalized spacial score (nSPS) is 22.1. The molecule has 1 aliphatic rings. The summed E-state index contributed by atoms with van der Waals surface area (Å²) in [6.07, 6.45) is 0. The van der Waals surface area contributed by atoms with Crippen LogP contribution in [-0.4, -0.2) is 18.5 Å². The maximum absolute atomic E-state index is 6.07. The first-order valence-corrected chi connectivity index (χ1v) is 5.43. The molecule has 1 unspecified atom stereocenters. The summed E-state index contributed by atoms with van der Waals surface area (Å²) in [5, 5.41) is 0.873. The van der Waals surface area contributed by atoms with E-state index in [-0.39, 0.29) is 0 Å². The molecule has 76 valence electrons. The Kier molecular flexibility index (Phi) is 2.54. The lowest BCUT2D eigenvalue weighted by molar-refractivity contribution is 0.287. The Bertz CT molecular complexity index is 360. The Morgan fingerprint density at radius 1 is 1.43 bits per heavy atom. The van der Waals surface area contributed by atoms with Crippen LogP contribution >= 0.6 is 11.6 Å². The van der Waals surface area contributed by atoms with Gasteiger partial charge in [-0.15, -0.1) is 0 Å². The number of benzene rings is 1. The topological polar surface area (TPSA) is 3.24 Å². The molecule has 1 nitrogen and oxygen atoms in total. The number of likely N-dealkylation sites (N-methyl/N-ethyl adjacent to an activating group) is 1. The summed E-state index contributed by atoms with van der Waals surface area (Å²) in [5.74, 6) is 0.598. The van der Waals surface area contributed by atoms with Crippen molar-refractivity contribution in [1.82, 2.24) is 4.90 Å². The number of fused-ring (bicyclic) bond motifs is 1. The van der Waals surface area contributed by atoms with Crippen molar-refractivity contribution in [3.8, 4) is 0 Å². The third kappa shape index (κ3) is 1.67. The molecule has 0 aliphatic carbocycles. The first-order valence-electron chi connectivity index (χ1n) is 5.05. The van der Waals surface area contributed by atoms with Crippen LogP contribution in [0.3, 0.4) is 0 Å². The third-order valence-electron chi connectivity index (χ3n) is 3.02. The zero-order valence-corrected chi connectivity index (χ0v) is 9.73. The van der Waals surface area contributed by atoms with Gasteiger partial charge in [-0.05, 0) is 48.7 Å². The van der Waals surface area contributed by atoms with Crippen LogP contribution in [0.4, 0.5) is 0 Å². The van der Waals surface area contributed by atoms with Gasteiger partial charge in [0.25, 0.3) is 0 Å². The molecule has 0 radical (unpaired) electrons. The summed E-state index contributed by atoms with van der Waals surface area (Å²) in [6, 6.07) is 4.19. The predicted molar refractivity (Wildman–Crippen MR) is 60.9 cm³/mol. The van der Waals surface area contributed by atoms with Crippen LogP contribution in [0.2, 0.25) is 5.02 Å². The number of nitrogens with zero attached hydrogens (tertiary/aromatic N) is 1. The summed E-state index contributed by atoms with van der Waals surface area (Å²) in [7, 11) is 2.17. The minimum Gasteiger partial charge on any atom is -0.301 e. The van der Waals surface area contributed by atoms with Crippen molar-refractivity contribution in [2.75, 3.05) is 13.6 Å². The van der Waals surface area contributed by atoms with Crippen molar-refractivity contribution in [2.24, 2.45) is 0 Å². The lowest BCUT2D eigenvalue weighted by Gasteiger charge is -2.31. The Labute approximate surface area is 90.7 Å². The highest BCUT2D eigenvalue weighted by atomic mass is 35.5. The van der Waals surface area contributed by atoms with Crippen LogP contribution in [0, 0.1) is 6.92 Å². The first-order chi connectivity index (χ1) is 6.58. The van der Waals surface area contributed by atoms with Crippen LogP contribution < -0.4 is 0 Å². The molecule has 0 saturated heterocycles. The van der Waals surface area contributed by atoms with Crippen molar-refractivity contribution in [2.45, 2.75) is 26.3 Å². The molecule has 1 aromatic rings. The molecule has 0 saturated carbocycles. The highest BCUT2D eigenvalue weighted by molar-refractivity contribution is 6.30. The highest BCUT2D eigenvalue weighted by Crippen LogP contribution is 2.31. The van der Waals surface area contributed by atoms with E-state index < -0.39 is 0 Å². The number of halogens is 1. The molecular formula is C12H16ClN. The van der Waals surface area contributed by atoms with Crippen LogP contribution in [0.15, 0.2) is 12.1 Å². The molecule has 0 fully saturated rings. The minimum atomic E-state index is 0.598. The van der Waals surface area contributed by atoms with Crippen molar-refractivity contribution < 1.29 is 0 Å². The van der Waals surface area contributed by atoms with E-state index in [4.69, 9.17) is 11.6 Å². The second kappa shape index (κ2) is 3.56. The standard InChI is InChI=1S/C12H16ClN/c1-8-4-10(13)5-11-9(2)6-14(3)7-12(8)11/h4-5,9H,6-7H2,1-3H3. The molecule has 2 heteroatoms. The summed E-state index contributed by atoms with van der Waals surface area (Å²) < 4.78 is 0. The van der Waals surface area contributed by atoms with Gasteiger partial charge in [0.05, 0.1) is 0 Å². The summed E-state index contributed by atoms with van der Waals surface area (Å²) in [4.78, 5) is 2.37. The van der Waals surface area contributed by atoms with Gasteiger partial charge in [0.2, 0.25) is 0 Å². The molecule has 0 bridgehead atoms. The molecule has 1 aliphatic heterocycles. The second-order valence-electron chi connectivity index (χ2n) is 4.39. The van der Waals surface area contributed by atoms with Gasteiger partial charge in [-0.25, -0.2) is 0 Å². The average Bonchev–Trinajstić information content (AvgIpc) is 2.07. The molecule has 0 aromatic heterocycles. The van der Waals surface area contributed by atoms with Crippen LogP contribution in [0.25, 0.3) is 0 Å². The van der Waals surface area contributed by atoms with Crippen LogP contribution in [-0.2, 0) is 6.54 Å². The molecule has 0 amide bonds. The zero-order valence-electron chi connectivity index (χ0n) is 8.97. The van der Waals surface area contributed by atoms with E-state index in [9.17, 15) is 0 Å². The van der Waals surface area contributed by atoms with Gasteiger partial charge in [-0.3, -0.25) is 0 Å². The van der Waals surface area contributed by atoms with Crippen molar-refractivity contribution in [3.05, 3.63) is 33.8 Å². The molecule has 2 rings (SSSR count). The summed E-state index contributed by atoms with van der Waals surface area (Å²) in [6.45, 7) is 6.61. The Morgan fingerprint density at radius 2 is 2.14 bits per heavy atom. The van der Waals surface area contributed by atoms with Gasteiger partial charge in [-0.2, -0.15) is 0 Å². The molecule has 1 aromatic carbocycles. The quantitative estimate of drug-likeness (QED) is 0.635. The number of hydrogen-bond donors (Lipinski definition) is 0. The van der Waals surface area contributed by atoms with Gasteiger partial charge < -0.3 is 4.90 Å². The predicted octanol–water partition coefficient (Wildman–Crippen LogP) is 3.20. The lowest BCUT2D eigenvalue weighted by Crippen LogP contribution is -2.29. The Morgan fingerprint density at radius 3 is 2.86 bits per heavy atom. The SMILES string of the molecule is Cc1cc(Cl)cc2c1CN(C)CC2C. The van der Waals surface area contributed by atoms with E-state index in [1.54, 1.807) is 0 Å². The number of rotatable bonds is 0. The van der Waals surface area contributed by atoms with E-state index in [2.05, 4.69) is 37.9 Å². The largest absolute Gasteiger partial charge is 0.301 e. The maximum atomic E-state index is 6.07. The van der Waals surface area contributed by atoms with Crippen molar-refractivity contribution in [1.29, 1.82) is 0 Å². The van der Waals surface area contributed by atoms with E-state index in [0.717, 1.165) is 18.1 Å². The monoisotopic (exact) mass is 209 g/mol. The van der Waals surface area contributed by atoms with E-state index in [1.807, 2.05) is 0 Å². The van der Waals surface area contributed by atoms with Gasteiger partial charge >= 0.3 is 0 Å². The third-order valence-corrected chi connectivity index (χ3v) is 3.23. The average molecular weight is 210 g/mol.